The molecule has 0 N–H and O–H groups in total. The monoisotopic (exact) mass is 340 g/mol. The van der Waals surface area contributed by atoms with Crippen LogP contribution in [0, 0.1) is 6.92 Å². The highest BCUT2D eigenvalue weighted by molar-refractivity contribution is 9.09. The lowest BCUT2D eigenvalue weighted by Gasteiger charge is -2.21. The smallest absolute Gasteiger partial charge is 0.151 e. The molecule has 0 aromatic heterocycles. The van der Waals surface area contributed by atoms with E-state index in [0.717, 1.165) is 21.9 Å². The first-order valence-electron chi connectivity index (χ1n) is 6.13. The molecular formula is C15H17BrO2S. The standard InChI is InChI=1S/C15H17BrO2S/c1-10-8-9-12-6-4-5-7-13(12)14(10)15(16)11(2)19(3,17)18/h4-9,11,15H,1-3H3. The molecule has 2 atom stereocenters. The number of sulfone groups is 1. The van der Waals surface area contributed by atoms with Gasteiger partial charge in [0.2, 0.25) is 0 Å². The van der Waals surface area contributed by atoms with Crippen LogP contribution in [0.1, 0.15) is 22.9 Å². The largest absolute Gasteiger partial charge is 0.229 e. The average Bonchev–Trinajstić information content (AvgIpc) is 2.36. The molecule has 4 heteroatoms. The third kappa shape index (κ3) is 2.84. The van der Waals surface area contributed by atoms with E-state index < -0.39 is 15.1 Å². The van der Waals surface area contributed by atoms with Crippen molar-refractivity contribution in [1.29, 1.82) is 0 Å². The highest BCUT2D eigenvalue weighted by Gasteiger charge is 2.27. The molecule has 0 radical (unpaired) electrons. The first-order chi connectivity index (χ1) is 8.82. The van der Waals surface area contributed by atoms with Gasteiger partial charge in [-0.1, -0.05) is 52.3 Å². The first-order valence-corrected chi connectivity index (χ1v) is 9.00. The maximum absolute atomic E-state index is 11.8. The fourth-order valence-electron chi connectivity index (χ4n) is 2.22. The maximum Gasteiger partial charge on any atom is 0.151 e. The highest BCUT2D eigenvalue weighted by Crippen LogP contribution is 2.37. The summed E-state index contributed by atoms with van der Waals surface area (Å²) in [4.78, 5) is -0.200. The number of benzene rings is 2. The predicted octanol–water partition coefficient (Wildman–Crippen LogP) is 4.02. The second kappa shape index (κ2) is 5.25. The van der Waals surface area contributed by atoms with Crippen LogP contribution in [0.3, 0.4) is 0 Å². The molecule has 2 nitrogen and oxygen atoms in total. The summed E-state index contributed by atoms with van der Waals surface area (Å²) in [6.07, 6.45) is 1.28. The molecule has 0 amide bonds. The van der Waals surface area contributed by atoms with Crippen molar-refractivity contribution < 1.29 is 8.42 Å². The van der Waals surface area contributed by atoms with Gasteiger partial charge in [-0.25, -0.2) is 8.42 Å². The fourth-order valence-corrected chi connectivity index (χ4v) is 4.58. The summed E-state index contributed by atoms with van der Waals surface area (Å²) in [5, 5.41) is 1.78. The van der Waals surface area contributed by atoms with E-state index in [0.29, 0.717) is 0 Å². The van der Waals surface area contributed by atoms with Gasteiger partial charge in [-0.05, 0) is 35.7 Å². The molecule has 0 heterocycles. The van der Waals surface area contributed by atoms with E-state index in [1.165, 1.54) is 6.26 Å². The summed E-state index contributed by atoms with van der Waals surface area (Å²) in [6, 6.07) is 12.2. The SMILES string of the molecule is Cc1ccc2ccccc2c1C(Br)C(C)S(C)(=O)=O. The molecule has 0 aliphatic rings. The predicted molar refractivity (Wildman–Crippen MR) is 84.7 cm³/mol. The number of aryl methyl sites for hydroxylation is 1. The Hall–Kier alpha value is -0.870. The number of rotatable bonds is 3. The van der Waals surface area contributed by atoms with E-state index in [4.69, 9.17) is 0 Å². The second-order valence-corrected chi connectivity index (χ2v) is 8.34. The van der Waals surface area contributed by atoms with Crippen LogP contribution in [0.5, 0.6) is 0 Å². The zero-order valence-corrected chi connectivity index (χ0v) is 13.6. The molecule has 102 valence electrons. The van der Waals surface area contributed by atoms with Gasteiger partial charge in [-0.2, -0.15) is 0 Å². The van der Waals surface area contributed by atoms with Gasteiger partial charge in [-0.3, -0.25) is 0 Å². The number of fused-ring (bicyclic) bond motifs is 1. The third-order valence-electron chi connectivity index (χ3n) is 3.55. The fraction of sp³-hybridized carbons (Fsp3) is 0.333. The Morgan fingerprint density at radius 2 is 1.74 bits per heavy atom. The van der Waals surface area contributed by atoms with Gasteiger partial charge in [0.1, 0.15) is 0 Å². The zero-order chi connectivity index (χ0) is 14.2. The summed E-state index contributed by atoms with van der Waals surface area (Å²) in [5.74, 6) is 0. The number of halogens is 1. The maximum atomic E-state index is 11.8. The highest BCUT2D eigenvalue weighted by atomic mass is 79.9. The van der Waals surface area contributed by atoms with Crippen LogP contribution >= 0.6 is 15.9 Å². The molecule has 0 aliphatic carbocycles. The van der Waals surface area contributed by atoms with Crippen LogP contribution in [-0.2, 0) is 9.84 Å². The van der Waals surface area contributed by atoms with Gasteiger partial charge in [0.25, 0.3) is 0 Å². The number of hydrogen-bond donors (Lipinski definition) is 0. The van der Waals surface area contributed by atoms with Crippen LogP contribution in [0.15, 0.2) is 36.4 Å². The van der Waals surface area contributed by atoms with E-state index in [1.807, 2.05) is 37.3 Å². The van der Waals surface area contributed by atoms with Crippen molar-refractivity contribution in [3.8, 4) is 0 Å². The van der Waals surface area contributed by atoms with Crippen molar-refractivity contribution in [2.45, 2.75) is 23.9 Å². The van der Waals surface area contributed by atoms with Crippen molar-refractivity contribution in [2.24, 2.45) is 0 Å². The Labute approximate surface area is 122 Å². The second-order valence-electron chi connectivity index (χ2n) is 4.95. The molecule has 2 rings (SSSR count). The molecule has 0 bridgehead atoms. The molecule has 0 spiro atoms. The van der Waals surface area contributed by atoms with Crippen molar-refractivity contribution in [3.63, 3.8) is 0 Å². The summed E-state index contributed by atoms with van der Waals surface area (Å²) in [5.41, 5.74) is 2.17. The van der Waals surface area contributed by atoms with Crippen LogP contribution in [0.4, 0.5) is 0 Å². The Morgan fingerprint density at radius 1 is 1.11 bits per heavy atom. The van der Waals surface area contributed by atoms with Crippen LogP contribution < -0.4 is 0 Å². The van der Waals surface area contributed by atoms with Crippen molar-refractivity contribution in [1.82, 2.24) is 0 Å². The minimum Gasteiger partial charge on any atom is -0.229 e. The van der Waals surface area contributed by atoms with Crippen molar-refractivity contribution in [3.05, 3.63) is 47.5 Å². The Bertz CT molecular complexity index is 707. The third-order valence-corrected chi connectivity index (χ3v) is 6.78. The van der Waals surface area contributed by atoms with E-state index >= 15 is 0 Å². The molecular weight excluding hydrogens is 324 g/mol. The van der Waals surface area contributed by atoms with Gasteiger partial charge >= 0.3 is 0 Å². The molecule has 0 aliphatic heterocycles. The van der Waals surface area contributed by atoms with Crippen LogP contribution in [0.2, 0.25) is 0 Å². The van der Waals surface area contributed by atoms with Gasteiger partial charge in [0.05, 0.1) is 10.1 Å². The van der Waals surface area contributed by atoms with E-state index in [1.54, 1.807) is 6.92 Å². The van der Waals surface area contributed by atoms with Gasteiger partial charge < -0.3 is 0 Å². The van der Waals surface area contributed by atoms with E-state index in [-0.39, 0.29) is 4.83 Å². The van der Waals surface area contributed by atoms with Gasteiger partial charge in [-0.15, -0.1) is 0 Å². The van der Waals surface area contributed by atoms with Crippen molar-refractivity contribution in [2.75, 3.05) is 6.26 Å². The minimum atomic E-state index is -3.08. The molecule has 2 unspecified atom stereocenters. The lowest BCUT2D eigenvalue weighted by molar-refractivity contribution is 0.588. The summed E-state index contributed by atoms with van der Waals surface area (Å²) in [6.45, 7) is 3.76. The summed E-state index contributed by atoms with van der Waals surface area (Å²) >= 11 is 3.58. The molecule has 19 heavy (non-hydrogen) atoms. The van der Waals surface area contributed by atoms with Crippen molar-refractivity contribution >= 4 is 36.5 Å². The normalized spacial score (nSPS) is 15.4. The lowest BCUT2D eigenvalue weighted by atomic mass is 9.96. The van der Waals surface area contributed by atoms with E-state index in [2.05, 4.69) is 22.0 Å². The lowest BCUT2D eigenvalue weighted by Crippen LogP contribution is -2.21. The Morgan fingerprint density at radius 3 is 2.37 bits per heavy atom. The van der Waals surface area contributed by atoms with Gasteiger partial charge in [0.15, 0.2) is 9.84 Å². The quantitative estimate of drug-likeness (QED) is 0.791. The van der Waals surface area contributed by atoms with Crippen LogP contribution in [0.25, 0.3) is 10.8 Å². The van der Waals surface area contributed by atoms with E-state index in [9.17, 15) is 8.42 Å². The zero-order valence-electron chi connectivity index (χ0n) is 11.2. The molecule has 2 aromatic carbocycles. The number of alkyl halides is 1. The molecule has 0 fully saturated rings. The summed E-state index contributed by atoms with van der Waals surface area (Å²) in [7, 11) is -3.08. The molecule has 0 saturated carbocycles. The number of hydrogen-bond acceptors (Lipinski definition) is 2. The minimum absolute atomic E-state index is 0.200. The summed E-state index contributed by atoms with van der Waals surface area (Å²) < 4.78 is 23.5. The molecule has 2 aromatic rings. The Kier molecular flexibility index (Phi) is 4.02. The van der Waals surface area contributed by atoms with Crippen LogP contribution in [-0.4, -0.2) is 19.9 Å². The first kappa shape index (κ1) is 14.5. The average molecular weight is 341 g/mol. The Balaban J connectivity index is 2.65. The molecule has 0 saturated heterocycles. The van der Waals surface area contributed by atoms with Gasteiger partial charge in [0, 0.05) is 6.26 Å². The topological polar surface area (TPSA) is 34.1 Å².